The molecule has 0 saturated heterocycles. The van der Waals surface area contributed by atoms with Gasteiger partial charge in [0.1, 0.15) is 6.54 Å². The highest BCUT2D eigenvalue weighted by Gasteiger charge is 2.26. The highest BCUT2D eigenvalue weighted by molar-refractivity contribution is 7.98. The molecule has 0 aliphatic carbocycles. The lowest BCUT2D eigenvalue weighted by atomic mass is 10.2. The smallest absolute Gasteiger partial charge is 0.264 e. The zero-order valence-electron chi connectivity index (χ0n) is 13.4. The molecule has 0 bridgehead atoms. The number of anilines is 1. The summed E-state index contributed by atoms with van der Waals surface area (Å²) in [7, 11) is -3.89. The SMILES string of the molecule is CSc1ccc(S(=O)(=O)N(CC(=O)NN)c2ccc(C)cc2)cc1. The maximum Gasteiger partial charge on any atom is 0.264 e. The van der Waals surface area contributed by atoms with Crippen LogP contribution in [-0.2, 0) is 14.8 Å². The van der Waals surface area contributed by atoms with Gasteiger partial charge in [-0.05, 0) is 49.6 Å². The Bertz CT molecular complexity index is 803. The fraction of sp³-hybridized carbons (Fsp3) is 0.188. The van der Waals surface area contributed by atoms with Crippen LogP contribution in [0.1, 0.15) is 5.56 Å². The third kappa shape index (κ3) is 4.08. The van der Waals surface area contributed by atoms with E-state index in [2.05, 4.69) is 0 Å². The lowest BCUT2D eigenvalue weighted by molar-refractivity contribution is -0.119. The Morgan fingerprint density at radius 2 is 1.71 bits per heavy atom. The Morgan fingerprint density at radius 1 is 1.12 bits per heavy atom. The zero-order valence-corrected chi connectivity index (χ0v) is 15.0. The fourth-order valence-corrected chi connectivity index (χ4v) is 3.91. The molecular formula is C16H19N3O3S2. The molecule has 2 aromatic rings. The van der Waals surface area contributed by atoms with Crippen LogP contribution in [-0.4, -0.2) is 27.1 Å². The summed E-state index contributed by atoms with van der Waals surface area (Å²) in [5, 5.41) is 0. The van der Waals surface area contributed by atoms with Crippen molar-refractivity contribution in [3.05, 3.63) is 54.1 Å². The number of rotatable bonds is 6. The number of aryl methyl sites for hydroxylation is 1. The Kier molecular flexibility index (Phi) is 5.87. The zero-order chi connectivity index (χ0) is 17.7. The van der Waals surface area contributed by atoms with Gasteiger partial charge in [0.15, 0.2) is 0 Å². The molecule has 0 aliphatic heterocycles. The van der Waals surface area contributed by atoms with Crippen molar-refractivity contribution < 1.29 is 13.2 Å². The number of hydrogen-bond donors (Lipinski definition) is 2. The number of nitrogens with two attached hydrogens (primary N) is 1. The number of thioether (sulfide) groups is 1. The summed E-state index contributed by atoms with van der Waals surface area (Å²) in [6.45, 7) is 1.50. The molecule has 0 aliphatic rings. The molecule has 0 saturated carbocycles. The summed E-state index contributed by atoms with van der Waals surface area (Å²) in [5.41, 5.74) is 3.36. The van der Waals surface area contributed by atoms with Crippen LogP contribution in [0.3, 0.4) is 0 Å². The number of sulfonamides is 1. The van der Waals surface area contributed by atoms with Crippen molar-refractivity contribution in [2.45, 2.75) is 16.7 Å². The second-order valence-electron chi connectivity index (χ2n) is 5.09. The molecule has 6 nitrogen and oxygen atoms in total. The lowest BCUT2D eigenvalue weighted by Crippen LogP contribution is -2.43. The van der Waals surface area contributed by atoms with E-state index in [9.17, 15) is 13.2 Å². The van der Waals surface area contributed by atoms with E-state index in [1.807, 2.05) is 18.6 Å². The molecule has 2 rings (SSSR count). The van der Waals surface area contributed by atoms with Crippen LogP contribution in [0.25, 0.3) is 0 Å². The number of nitrogens with one attached hydrogen (secondary N) is 1. The first-order valence-corrected chi connectivity index (χ1v) is 9.78. The largest absolute Gasteiger partial charge is 0.293 e. The molecule has 2 aromatic carbocycles. The molecule has 0 aromatic heterocycles. The molecule has 24 heavy (non-hydrogen) atoms. The maximum atomic E-state index is 13.0. The standard InChI is InChI=1S/C16H19N3O3S2/c1-12-3-5-13(6-4-12)19(11-16(20)18-17)24(21,22)15-9-7-14(23-2)8-10-15/h3-10H,11,17H2,1-2H3,(H,18,20). The lowest BCUT2D eigenvalue weighted by Gasteiger charge is -2.24. The van der Waals surface area contributed by atoms with Crippen LogP contribution in [0, 0.1) is 6.92 Å². The summed E-state index contributed by atoms with van der Waals surface area (Å²) in [6.07, 6.45) is 1.91. The fourth-order valence-electron chi connectivity index (χ4n) is 2.08. The number of benzene rings is 2. The van der Waals surface area contributed by atoms with E-state index in [-0.39, 0.29) is 4.90 Å². The minimum atomic E-state index is -3.89. The predicted molar refractivity (Wildman–Crippen MR) is 96.3 cm³/mol. The topological polar surface area (TPSA) is 92.5 Å². The number of hydrogen-bond acceptors (Lipinski definition) is 5. The molecule has 0 spiro atoms. The molecule has 0 fully saturated rings. The summed E-state index contributed by atoms with van der Waals surface area (Å²) in [6, 6.07) is 13.4. The highest BCUT2D eigenvalue weighted by atomic mass is 32.2. The molecule has 128 valence electrons. The molecule has 3 N–H and O–H groups in total. The van der Waals surface area contributed by atoms with E-state index in [0.29, 0.717) is 5.69 Å². The monoisotopic (exact) mass is 365 g/mol. The summed E-state index contributed by atoms with van der Waals surface area (Å²) >= 11 is 1.52. The van der Waals surface area contributed by atoms with Crippen molar-refractivity contribution >= 4 is 33.4 Å². The number of carbonyl (C=O) groups excluding carboxylic acids is 1. The van der Waals surface area contributed by atoms with E-state index in [1.165, 1.54) is 23.9 Å². The van der Waals surface area contributed by atoms with E-state index >= 15 is 0 Å². The van der Waals surface area contributed by atoms with E-state index in [4.69, 9.17) is 5.84 Å². The van der Waals surface area contributed by atoms with Gasteiger partial charge in [0.25, 0.3) is 15.9 Å². The first kappa shape index (κ1) is 18.3. The van der Waals surface area contributed by atoms with Crippen LogP contribution < -0.4 is 15.6 Å². The van der Waals surface area contributed by atoms with Crippen LogP contribution in [0.5, 0.6) is 0 Å². The van der Waals surface area contributed by atoms with Crippen LogP contribution in [0.2, 0.25) is 0 Å². The molecule has 0 radical (unpaired) electrons. The summed E-state index contributed by atoms with van der Waals surface area (Å²) < 4.78 is 27.0. The van der Waals surface area contributed by atoms with Gasteiger partial charge in [-0.3, -0.25) is 14.5 Å². The van der Waals surface area contributed by atoms with Crippen molar-refractivity contribution in [1.82, 2.24) is 5.43 Å². The Morgan fingerprint density at radius 3 is 2.21 bits per heavy atom. The highest BCUT2D eigenvalue weighted by Crippen LogP contribution is 2.25. The van der Waals surface area contributed by atoms with E-state index < -0.39 is 22.5 Å². The summed E-state index contributed by atoms with van der Waals surface area (Å²) in [4.78, 5) is 12.8. The van der Waals surface area contributed by atoms with Crippen LogP contribution >= 0.6 is 11.8 Å². The normalized spacial score (nSPS) is 11.1. The number of hydrazine groups is 1. The van der Waals surface area contributed by atoms with Crippen molar-refractivity contribution in [2.75, 3.05) is 17.1 Å². The van der Waals surface area contributed by atoms with Gasteiger partial charge in [-0.15, -0.1) is 11.8 Å². The van der Waals surface area contributed by atoms with Crippen molar-refractivity contribution in [2.24, 2.45) is 5.84 Å². The minimum absolute atomic E-state index is 0.116. The van der Waals surface area contributed by atoms with Gasteiger partial charge in [0.2, 0.25) is 0 Å². The van der Waals surface area contributed by atoms with Crippen molar-refractivity contribution in [1.29, 1.82) is 0 Å². The van der Waals surface area contributed by atoms with Crippen molar-refractivity contribution in [3.63, 3.8) is 0 Å². The maximum absolute atomic E-state index is 13.0. The third-order valence-electron chi connectivity index (χ3n) is 3.42. The first-order valence-electron chi connectivity index (χ1n) is 7.11. The van der Waals surface area contributed by atoms with Crippen molar-refractivity contribution in [3.8, 4) is 0 Å². The van der Waals surface area contributed by atoms with Gasteiger partial charge in [0.05, 0.1) is 10.6 Å². The average Bonchev–Trinajstić information content (AvgIpc) is 2.60. The van der Waals surface area contributed by atoms with Gasteiger partial charge in [-0.2, -0.15) is 0 Å². The minimum Gasteiger partial charge on any atom is -0.293 e. The van der Waals surface area contributed by atoms with Crippen LogP contribution in [0.4, 0.5) is 5.69 Å². The second-order valence-corrected chi connectivity index (χ2v) is 7.83. The quantitative estimate of drug-likeness (QED) is 0.353. The Balaban J connectivity index is 2.47. The van der Waals surface area contributed by atoms with Gasteiger partial charge in [0, 0.05) is 4.90 Å². The molecular weight excluding hydrogens is 346 g/mol. The number of carbonyl (C=O) groups is 1. The molecule has 0 heterocycles. The van der Waals surface area contributed by atoms with Gasteiger partial charge in [-0.1, -0.05) is 17.7 Å². The number of nitrogens with zero attached hydrogens (tertiary/aromatic N) is 1. The molecule has 8 heteroatoms. The first-order chi connectivity index (χ1) is 11.4. The molecule has 0 atom stereocenters. The van der Waals surface area contributed by atoms with E-state index in [0.717, 1.165) is 14.8 Å². The molecule has 0 unspecified atom stereocenters. The number of amides is 1. The predicted octanol–water partition coefficient (Wildman–Crippen LogP) is 1.90. The van der Waals surface area contributed by atoms with Gasteiger partial charge >= 0.3 is 0 Å². The third-order valence-corrected chi connectivity index (χ3v) is 5.95. The Hall–Kier alpha value is -2.03. The summed E-state index contributed by atoms with van der Waals surface area (Å²) in [5.74, 6) is 4.52. The van der Waals surface area contributed by atoms with E-state index in [1.54, 1.807) is 36.4 Å². The average molecular weight is 365 g/mol. The second kappa shape index (κ2) is 7.69. The Labute approximate surface area is 146 Å². The van der Waals surface area contributed by atoms with Gasteiger partial charge < -0.3 is 0 Å². The van der Waals surface area contributed by atoms with Crippen LogP contribution in [0.15, 0.2) is 58.3 Å². The van der Waals surface area contributed by atoms with Gasteiger partial charge in [-0.25, -0.2) is 14.3 Å². The molecule has 1 amide bonds.